The topological polar surface area (TPSA) is 57.5 Å². The van der Waals surface area contributed by atoms with Crippen molar-refractivity contribution in [1.29, 1.82) is 0 Å². The third kappa shape index (κ3) is 111. The average Bonchev–Trinajstić information content (AvgIpc) is 1.25. The standard InChI is InChI=1S/CH2O3.Ce.3ClH.La/c2-1(3)4;;;;;/h(H2,2,3,4);;3*1H;/q;+3;;;;/p-3. The molecule has 52 valence electrons. The van der Waals surface area contributed by atoms with Crippen LogP contribution in [0.3, 0.4) is 0 Å². The minimum absolute atomic E-state index is 0. The molecule has 0 unspecified atom stereocenters. The molecule has 0 fully saturated rings. The molecule has 0 aliphatic rings. The number of carbonyl (C=O) groups is 1. The monoisotopic (exact) mass is 446 g/mol. The van der Waals surface area contributed by atoms with Crippen LogP contribution in [0.1, 0.15) is 0 Å². The molecular formula is CH2CeCl3LaO3. The molecule has 0 aromatic heterocycles. The fourth-order valence-electron chi connectivity index (χ4n) is 0. The van der Waals surface area contributed by atoms with Crippen LogP contribution in [0, 0.1) is 66.3 Å². The predicted molar refractivity (Wildman–Crippen MR) is 28.2 cm³/mol. The van der Waals surface area contributed by atoms with E-state index >= 15 is 0 Å². The van der Waals surface area contributed by atoms with Crippen LogP contribution in [0.5, 0.6) is 0 Å². The second-order valence-electron chi connectivity index (χ2n) is 0.497. The summed E-state index contributed by atoms with van der Waals surface area (Å²) in [6.07, 6.45) is -1.83. The molecule has 3 nitrogen and oxygen atoms in total. The van der Waals surface area contributed by atoms with Gasteiger partial charge in [0.1, 0.15) is 0 Å². The quantitative estimate of drug-likeness (QED) is 0.599. The minimum Gasteiger partial charge on any atom is 0 e. The van der Waals surface area contributed by atoms with Crippen molar-refractivity contribution in [2.75, 3.05) is 0 Å². The molecule has 0 spiro atoms. The summed E-state index contributed by atoms with van der Waals surface area (Å²) in [7, 11) is 0. The molecule has 9 heavy (non-hydrogen) atoms. The van der Waals surface area contributed by atoms with Crippen molar-refractivity contribution in [2.45, 2.75) is 0 Å². The van der Waals surface area contributed by atoms with Crippen molar-refractivity contribution in [3.05, 3.63) is 0 Å². The van der Waals surface area contributed by atoms with Crippen molar-refractivity contribution in [3.63, 3.8) is 0 Å². The molecule has 0 saturated heterocycles. The van der Waals surface area contributed by atoms with Gasteiger partial charge in [0.2, 0.25) is 0 Å². The maximum Gasteiger partial charge on any atom is 0 e. The van der Waals surface area contributed by atoms with Gasteiger partial charge in [0, 0.05) is 35.6 Å². The zero-order valence-electron chi connectivity index (χ0n) is 4.01. The Morgan fingerprint density at radius 1 is 1.22 bits per heavy atom. The summed E-state index contributed by atoms with van der Waals surface area (Å²) in [5, 5.41) is 13.9. The molecule has 0 aliphatic heterocycles. The Balaban J connectivity index is -0.0000000720. The zero-order chi connectivity index (χ0) is 7.15. The van der Waals surface area contributed by atoms with Crippen LogP contribution in [0.15, 0.2) is 0 Å². The molecule has 0 aliphatic carbocycles. The van der Waals surface area contributed by atoms with Crippen molar-refractivity contribution < 1.29 is 81.3 Å². The number of halogens is 3. The second kappa shape index (κ2) is 13.3. The Hall–Kier alpha value is 2.71. The first kappa shape index (κ1) is 17.7. The molecule has 0 bridgehead atoms. The van der Waals surface area contributed by atoms with Gasteiger partial charge in [-0.05, 0) is 0 Å². The molecule has 2 N–H and O–H groups in total. The first-order valence-electron chi connectivity index (χ1n) is 1.22. The Kier molecular flexibility index (Phi) is 26.2. The molecule has 0 aromatic carbocycles. The van der Waals surface area contributed by atoms with E-state index < -0.39 is 36.8 Å². The van der Waals surface area contributed by atoms with Gasteiger partial charge in [-0.15, -0.1) is 0 Å². The third-order valence-corrected chi connectivity index (χ3v) is 0. The van der Waals surface area contributed by atoms with Crippen molar-refractivity contribution in [3.8, 4) is 0 Å². The van der Waals surface area contributed by atoms with Gasteiger partial charge in [-0.25, -0.2) is 4.79 Å². The van der Waals surface area contributed by atoms with Gasteiger partial charge in [-0.1, -0.05) is 0 Å². The van der Waals surface area contributed by atoms with Gasteiger partial charge < -0.3 is 10.2 Å². The molecule has 0 atom stereocenters. The Morgan fingerprint density at radius 2 is 1.22 bits per heavy atom. The summed E-state index contributed by atoms with van der Waals surface area (Å²) < 4.78 is 0. The van der Waals surface area contributed by atoms with Gasteiger partial charge in [-0.3, -0.25) is 0 Å². The van der Waals surface area contributed by atoms with Gasteiger partial charge in [0.15, 0.2) is 0 Å². The van der Waals surface area contributed by atoms with Gasteiger partial charge >= 0.3 is 53.7 Å². The zero-order valence-corrected chi connectivity index (χ0v) is 13.0. The van der Waals surface area contributed by atoms with Crippen LogP contribution in [-0.4, -0.2) is 16.4 Å². The summed E-state index contributed by atoms with van der Waals surface area (Å²) in [4.78, 5) is 8.56. The maximum absolute atomic E-state index is 8.56. The molecule has 0 heterocycles. The van der Waals surface area contributed by atoms with Gasteiger partial charge in [0.25, 0.3) is 0 Å². The first-order valence-corrected chi connectivity index (χ1v) is 13.0. The average molecular weight is 447 g/mol. The summed E-state index contributed by atoms with van der Waals surface area (Å²) >= 11 is -2.24. The van der Waals surface area contributed by atoms with E-state index in [1.807, 2.05) is 0 Å². The SMILES string of the molecule is O=C(O)O.[Cl][Ce]([Cl])[Cl].[La]. The number of hydrogen-bond donors (Lipinski definition) is 2. The number of hydrogen-bond acceptors (Lipinski definition) is 1. The van der Waals surface area contributed by atoms with E-state index in [1.54, 1.807) is 0 Å². The van der Waals surface area contributed by atoms with Crippen molar-refractivity contribution >= 4 is 23.0 Å². The van der Waals surface area contributed by atoms with E-state index in [2.05, 4.69) is 0 Å². The number of carboxylic acid groups (broad SMARTS) is 2. The van der Waals surface area contributed by atoms with Gasteiger partial charge in [0.05, 0.1) is 0 Å². The smallest absolute Gasteiger partial charge is 0 e. The summed E-state index contributed by atoms with van der Waals surface area (Å²) in [6.45, 7) is 0. The van der Waals surface area contributed by atoms with E-state index in [-0.39, 0.29) is 35.6 Å². The van der Waals surface area contributed by atoms with Crippen LogP contribution in [0.2, 0.25) is 0 Å². The summed E-state index contributed by atoms with van der Waals surface area (Å²) in [6, 6.07) is 0. The molecule has 0 aromatic rings. The van der Waals surface area contributed by atoms with E-state index in [4.69, 9.17) is 31.9 Å². The Labute approximate surface area is 102 Å². The first-order chi connectivity index (χ1) is 3.46. The fraction of sp³-hybridized carbons (Fsp3) is 0. The Morgan fingerprint density at radius 3 is 1.22 bits per heavy atom. The van der Waals surface area contributed by atoms with Crippen molar-refractivity contribution in [2.24, 2.45) is 0 Å². The van der Waals surface area contributed by atoms with Crippen LogP contribution in [0.4, 0.5) is 4.79 Å². The second-order valence-corrected chi connectivity index (χ2v) is 14.3. The van der Waals surface area contributed by atoms with E-state index in [1.165, 1.54) is 0 Å². The summed E-state index contributed by atoms with van der Waals surface area (Å²) in [5.41, 5.74) is 15.1. The molecule has 8 heteroatoms. The van der Waals surface area contributed by atoms with Crippen LogP contribution in [-0.2, 0) is 0 Å². The Bertz CT molecular complexity index is 63.3. The molecular weight excluding hydrogens is 445 g/mol. The van der Waals surface area contributed by atoms with Crippen molar-refractivity contribution in [1.82, 2.24) is 0 Å². The fourth-order valence-corrected chi connectivity index (χ4v) is 0. The third-order valence-electron chi connectivity index (χ3n) is 0. The van der Waals surface area contributed by atoms with Crippen LogP contribution < -0.4 is 0 Å². The van der Waals surface area contributed by atoms with Crippen LogP contribution >= 0.6 is 16.9 Å². The summed E-state index contributed by atoms with van der Waals surface area (Å²) in [5.74, 6) is 0. The largest absolute Gasteiger partial charge is 0 e. The number of rotatable bonds is 0. The molecule has 1 radical (unpaired) electrons. The van der Waals surface area contributed by atoms with E-state index in [9.17, 15) is 0 Å². The molecule has 0 rings (SSSR count). The minimum atomic E-state index is -2.24. The van der Waals surface area contributed by atoms with Crippen LogP contribution in [0.25, 0.3) is 0 Å². The maximum atomic E-state index is 8.56. The molecule has 0 amide bonds. The van der Waals surface area contributed by atoms with E-state index in [0.717, 1.165) is 0 Å². The predicted octanol–water partition coefficient (Wildman–Crippen LogP) is 2.29. The normalized spacial score (nSPS) is 5.67. The van der Waals surface area contributed by atoms with E-state index in [0.29, 0.717) is 0 Å². The van der Waals surface area contributed by atoms with Gasteiger partial charge in [-0.2, -0.15) is 0 Å². The molecule has 0 saturated carbocycles.